The first kappa shape index (κ1) is 12.1. The van der Waals surface area contributed by atoms with Gasteiger partial charge in [-0.3, -0.25) is 4.79 Å². The molecule has 0 fully saturated rings. The standard InChI is InChI=1S/C12H16O2S/c1-8-4-5-11(9(2)6-8)7-15-10(3)12(13)14/h4-6,10H,7H2,1-3H3,(H,13,14)/t10-/m0/s1. The third-order valence-electron chi connectivity index (χ3n) is 2.33. The van der Waals surface area contributed by atoms with Crippen LogP contribution >= 0.6 is 11.8 Å². The lowest BCUT2D eigenvalue weighted by Gasteiger charge is -2.09. The molecule has 1 aromatic carbocycles. The van der Waals surface area contributed by atoms with Gasteiger partial charge in [0.05, 0.1) is 5.25 Å². The zero-order valence-corrected chi connectivity index (χ0v) is 10.1. The van der Waals surface area contributed by atoms with Crippen molar-refractivity contribution >= 4 is 17.7 Å². The highest BCUT2D eigenvalue weighted by Crippen LogP contribution is 2.20. The number of aryl methyl sites for hydroxylation is 2. The quantitative estimate of drug-likeness (QED) is 0.854. The summed E-state index contributed by atoms with van der Waals surface area (Å²) >= 11 is 1.46. The number of benzene rings is 1. The zero-order chi connectivity index (χ0) is 11.4. The highest BCUT2D eigenvalue weighted by atomic mass is 32.2. The normalized spacial score (nSPS) is 12.5. The second-order valence-corrected chi connectivity index (χ2v) is 5.05. The summed E-state index contributed by atoms with van der Waals surface area (Å²) in [6.45, 7) is 5.84. The lowest BCUT2D eigenvalue weighted by molar-refractivity contribution is -0.136. The molecule has 0 heterocycles. The molecule has 2 nitrogen and oxygen atoms in total. The number of carboxylic acid groups (broad SMARTS) is 1. The molecular formula is C12H16O2S. The summed E-state index contributed by atoms with van der Waals surface area (Å²) in [7, 11) is 0. The van der Waals surface area contributed by atoms with Crippen LogP contribution in [0.4, 0.5) is 0 Å². The van der Waals surface area contributed by atoms with E-state index >= 15 is 0 Å². The van der Waals surface area contributed by atoms with Crippen molar-refractivity contribution in [3.05, 3.63) is 34.9 Å². The van der Waals surface area contributed by atoms with Gasteiger partial charge in [-0.25, -0.2) is 0 Å². The molecule has 0 radical (unpaired) electrons. The fourth-order valence-corrected chi connectivity index (χ4v) is 2.19. The van der Waals surface area contributed by atoms with E-state index in [4.69, 9.17) is 5.11 Å². The number of carbonyl (C=O) groups is 1. The SMILES string of the molecule is Cc1ccc(CS[C@@H](C)C(=O)O)c(C)c1. The van der Waals surface area contributed by atoms with Crippen LogP contribution in [0.25, 0.3) is 0 Å². The Morgan fingerprint density at radius 1 is 1.47 bits per heavy atom. The Bertz CT molecular complexity index is 361. The Morgan fingerprint density at radius 2 is 2.13 bits per heavy atom. The second kappa shape index (κ2) is 5.21. The van der Waals surface area contributed by atoms with Crippen molar-refractivity contribution in [1.29, 1.82) is 0 Å². The van der Waals surface area contributed by atoms with Crippen molar-refractivity contribution in [3.8, 4) is 0 Å². The Labute approximate surface area is 94.7 Å². The summed E-state index contributed by atoms with van der Waals surface area (Å²) in [5.74, 6) is 0.0179. The van der Waals surface area contributed by atoms with E-state index in [0.717, 1.165) is 5.75 Å². The van der Waals surface area contributed by atoms with Gasteiger partial charge in [0.25, 0.3) is 0 Å². The average Bonchev–Trinajstić information content (AvgIpc) is 2.15. The number of rotatable bonds is 4. The second-order valence-electron chi connectivity index (χ2n) is 3.72. The van der Waals surface area contributed by atoms with Crippen LogP contribution in [0.2, 0.25) is 0 Å². The lowest BCUT2D eigenvalue weighted by Crippen LogP contribution is -2.11. The molecule has 0 saturated carbocycles. The molecule has 15 heavy (non-hydrogen) atoms. The van der Waals surface area contributed by atoms with Gasteiger partial charge in [-0.2, -0.15) is 0 Å². The maximum Gasteiger partial charge on any atom is 0.316 e. The van der Waals surface area contributed by atoms with Gasteiger partial charge < -0.3 is 5.11 Å². The van der Waals surface area contributed by atoms with Gasteiger partial charge in [0.15, 0.2) is 0 Å². The molecule has 0 spiro atoms. The third-order valence-corrected chi connectivity index (χ3v) is 3.51. The summed E-state index contributed by atoms with van der Waals surface area (Å²) < 4.78 is 0. The Kier molecular flexibility index (Phi) is 4.21. The monoisotopic (exact) mass is 224 g/mol. The predicted molar refractivity (Wildman–Crippen MR) is 64.3 cm³/mol. The topological polar surface area (TPSA) is 37.3 Å². The van der Waals surface area contributed by atoms with E-state index in [-0.39, 0.29) is 5.25 Å². The van der Waals surface area contributed by atoms with E-state index in [1.807, 2.05) is 0 Å². The first-order valence-corrected chi connectivity index (χ1v) is 5.96. The minimum Gasteiger partial charge on any atom is -0.480 e. The Morgan fingerprint density at radius 3 is 2.67 bits per heavy atom. The molecule has 0 saturated heterocycles. The summed E-state index contributed by atoms with van der Waals surface area (Å²) in [5, 5.41) is 8.41. The molecular weight excluding hydrogens is 208 g/mol. The van der Waals surface area contributed by atoms with Crippen molar-refractivity contribution in [2.24, 2.45) is 0 Å². The summed E-state index contributed by atoms with van der Waals surface area (Å²) in [4.78, 5) is 10.6. The van der Waals surface area contributed by atoms with Crippen molar-refractivity contribution in [3.63, 3.8) is 0 Å². The van der Waals surface area contributed by atoms with Crippen molar-refractivity contribution in [1.82, 2.24) is 0 Å². The molecule has 0 aromatic heterocycles. The fourth-order valence-electron chi connectivity index (χ4n) is 1.29. The van der Waals surface area contributed by atoms with Gasteiger partial charge in [-0.15, -0.1) is 11.8 Å². The van der Waals surface area contributed by atoms with Crippen molar-refractivity contribution in [2.75, 3.05) is 0 Å². The van der Waals surface area contributed by atoms with E-state index in [1.54, 1.807) is 6.92 Å². The van der Waals surface area contributed by atoms with Crippen molar-refractivity contribution < 1.29 is 9.90 Å². The molecule has 0 amide bonds. The minimum absolute atomic E-state index is 0.342. The smallest absolute Gasteiger partial charge is 0.316 e. The molecule has 3 heteroatoms. The number of carboxylic acids is 1. The number of aliphatic carboxylic acids is 1. The van der Waals surface area contributed by atoms with Gasteiger partial charge in [0, 0.05) is 5.75 Å². The summed E-state index contributed by atoms with van der Waals surface area (Å²) in [6.07, 6.45) is 0. The molecule has 82 valence electrons. The van der Waals surface area contributed by atoms with E-state index in [9.17, 15) is 4.79 Å². The molecule has 0 unspecified atom stereocenters. The number of hydrogen-bond acceptors (Lipinski definition) is 2. The largest absolute Gasteiger partial charge is 0.480 e. The maximum atomic E-state index is 10.6. The van der Waals surface area contributed by atoms with E-state index in [1.165, 1.54) is 28.5 Å². The Hall–Kier alpha value is -0.960. The Balaban J connectivity index is 2.62. The zero-order valence-electron chi connectivity index (χ0n) is 9.28. The molecule has 1 N–H and O–H groups in total. The third kappa shape index (κ3) is 3.59. The lowest BCUT2D eigenvalue weighted by atomic mass is 10.1. The fraction of sp³-hybridized carbons (Fsp3) is 0.417. The van der Waals surface area contributed by atoms with Crippen LogP contribution in [0.1, 0.15) is 23.6 Å². The van der Waals surface area contributed by atoms with E-state index in [2.05, 4.69) is 32.0 Å². The number of hydrogen-bond donors (Lipinski definition) is 1. The van der Waals surface area contributed by atoms with Gasteiger partial charge in [0.2, 0.25) is 0 Å². The minimum atomic E-state index is -0.746. The van der Waals surface area contributed by atoms with Crippen LogP contribution < -0.4 is 0 Å². The summed E-state index contributed by atoms with van der Waals surface area (Å²) in [5.41, 5.74) is 3.70. The van der Waals surface area contributed by atoms with Gasteiger partial charge >= 0.3 is 5.97 Å². The van der Waals surface area contributed by atoms with Crippen LogP contribution in [0.5, 0.6) is 0 Å². The first-order chi connectivity index (χ1) is 7.00. The molecule has 0 aliphatic carbocycles. The van der Waals surface area contributed by atoms with Gasteiger partial charge in [-0.05, 0) is 31.9 Å². The highest BCUT2D eigenvalue weighted by Gasteiger charge is 2.11. The van der Waals surface area contributed by atoms with Crippen LogP contribution in [0, 0.1) is 13.8 Å². The molecule has 0 bridgehead atoms. The maximum absolute atomic E-state index is 10.6. The van der Waals surface area contributed by atoms with E-state index < -0.39 is 5.97 Å². The van der Waals surface area contributed by atoms with Crippen LogP contribution in [0.3, 0.4) is 0 Å². The molecule has 1 atom stereocenters. The first-order valence-electron chi connectivity index (χ1n) is 4.91. The highest BCUT2D eigenvalue weighted by molar-refractivity contribution is 7.99. The van der Waals surface area contributed by atoms with E-state index in [0.29, 0.717) is 0 Å². The summed E-state index contributed by atoms with van der Waals surface area (Å²) in [6, 6.07) is 6.27. The molecule has 1 rings (SSSR count). The van der Waals surface area contributed by atoms with Gasteiger partial charge in [-0.1, -0.05) is 23.8 Å². The van der Waals surface area contributed by atoms with Crippen LogP contribution in [0.15, 0.2) is 18.2 Å². The molecule has 0 aliphatic heterocycles. The molecule has 0 aliphatic rings. The van der Waals surface area contributed by atoms with Crippen molar-refractivity contribution in [2.45, 2.75) is 31.8 Å². The predicted octanol–water partition coefficient (Wildman–Crippen LogP) is 3.01. The molecule has 1 aromatic rings. The van der Waals surface area contributed by atoms with Gasteiger partial charge in [0.1, 0.15) is 0 Å². The van der Waals surface area contributed by atoms with Crippen LogP contribution in [-0.2, 0) is 10.5 Å². The average molecular weight is 224 g/mol. The number of thioether (sulfide) groups is 1. The van der Waals surface area contributed by atoms with Crippen LogP contribution in [-0.4, -0.2) is 16.3 Å².